The Morgan fingerprint density at radius 2 is 1.67 bits per heavy atom. The van der Waals surface area contributed by atoms with Crippen molar-refractivity contribution in [1.82, 2.24) is 25.1 Å². The highest BCUT2D eigenvalue weighted by molar-refractivity contribution is 7.93. The maximum absolute atomic E-state index is 13.2. The van der Waals surface area contributed by atoms with Crippen molar-refractivity contribution < 1.29 is 22.7 Å². The molecule has 0 saturated heterocycles. The zero-order valence-electron chi connectivity index (χ0n) is 32.0. The zero-order chi connectivity index (χ0) is 40.2. The lowest BCUT2D eigenvalue weighted by molar-refractivity contribution is -0.141. The molecule has 2 aliphatic rings. The number of rotatable bonds is 10. The molecule has 3 N–H and O–H groups in total. The van der Waals surface area contributed by atoms with Crippen LogP contribution in [-0.4, -0.2) is 64.7 Å². The number of carbonyl (C=O) groups is 2. The molecule has 1 atom stereocenters. The summed E-state index contributed by atoms with van der Waals surface area (Å²) in [6, 6.07) is 20.5. The summed E-state index contributed by atoms with van der Waals surface area (Å²) in [6.45, 7) is 8.32. The van der Waals surface area contributed by atoms with Crippen molar-refractivity contribution in [3.05, 3.63) is 117 Å². The zero-order valence-corrected chi connectivity index (χ0v) is 33.6. The van der Waals surface area contributed by atoms with E-state index < -0.39 is 21.3 Å². The number of aliphatic imine (C=N–C) groups is 1. The maximum atomic E-state index is 13.2. The van der Waals surface area contributed by atoms with Crippen molar-refractivity contribution in [3.8, 4) is 22.2 Å². The lowest BCUT2D eigenvalue weighted by Gasteiger charge is -2.35. The van der Waals surface area contributed by atoms with Gasteiger partial charge in [-0.3, -0.25) is 23.9 Å². The monoisotopic (exact) mass is 800 g/mol. The van der Waals surface area contributed by atoms with Crippen molar-refractivity contribution in [2.24, 2.45) is 10.9 Å². The Balaban J connectivity index is 0.915. The summed E-state index contributed by atoms with van der Waals surface area (Å²) in [4.78, 5) is 34.9. The van der Waals surface area contributed by atoms with Crippen molar-refractivity contribution in [3.63, 3.8) is 0 Å². The molecule has 1 aliphatic heterocycles. The minimum Gasteiger partial charge on any atom is -0.469 e. The fourth-order valence-corrected chi connectivity index (χ4v) is 10.6. The predicted molar refractivity (Wildman–Crippen MR) is 219 cm³/mol. The number of aromatic nitrogens is 4. The van der Waals surface area contributed by atoms with Gasteiger partial charge in [0.15, 0.2) is 5.82 Å². The van der Waals surface area contributed by atoms with Gasteiger partial charge in [-0.05, 0) is 86.9 Å². The van der Waals surface area contributed by atoms with Gasteiger partial charge in [-0.1, -0.05) is 42.5 Å². The summed E-state index contributed by atoms with van der Waals surface area (Å²) < 4.78 is 36.2. The lowest BCUT2D eigenvalue weighted by atomic mass is 9.85. The molecule has 57 heavy (non-hydrogen) atoms. The van der Waals surface area contributed by atoms with Gasteiger partial charge in [0.2, 0.25) is 10.0 Å². The molecule has 1 fully saturated rings. The number of fused-ring (bicyclic) bond motifs is 4. The van der Waals surface area contributed by atoms with Crippen LogP contribution in [0.5, 0.6) is 0 Å². The molecule has 15 heteroatoms. The van der Waals surface area contributed by atoms with E-state index in [1.165, 1.54) is 7.11 Å². The number of nitrogens with zero attached hydrogens (tertiary/aromatic N) is 5. The van der Waals surface area contributed by atoms with Gasteiger partial charge >= 0.3 is 5.97 Å². The Hall–Kier alpha value is -6.11. The standard InChI is InChI=1S/C42H40N8O5S2/c1-22-6-15-33(39-36(22)31(19-43)21-44-39)49-57(53,54)32-16-26(17-32)20-45-41(52)30-13-9-28(10-14-30)27-7-11-29(12-8-27)38-37-23(2)24(3)56-42(37)50-25(4)47-48-40(50)34(46-38)18-35(51)55-5/h6-15,21,26,32,34,44,49H,16-18,20H2,1-5H3,(H,45,52)/t26?,32?,34-/m0/s1. The highest BCUT2D eigenvalue weighted by Gasteiger charge is 2.39. The van der Waals surface area contributed by atoms with Crippen LogP contribution in [0.2, 0.25) is 0 Å². The third-order valence-corrected chi connectivity index (χ3v) is 14.0. The summed E-state index contributed by atoms with van der Waals surface area (Å²) >= 11 is 1.65. The molecule has 0 unspecified atom stereocenters. The van der Waals surface area contributed by atoms with Gasteiger partial charge in [0.25, 0.3) is 5.91 Å². The quantitative estimate of drug-likeness (QED) is 0.124. The number of methoxy groups -OCH3 is 1. The van der Waals surface area contributed by atoms with Crippen molar-refractivity contribution >= 4 is 55.5 Å². The number of aryl methyl sites for hydroxylation is 3. The second kappa shape index (κ2) is 14.8. The predicted octanol–water partition coefficient (Wildman–Crippen LogP) is 6.99. The van der Waals surface area contributed by atoms with E-state index >= 15 is 0 Å². The molecule has 1 saturated carbocycles. The first kappa shape index (κ1) is 37.8. The number of thiophene rings is 1. The van der Waals surface area contributed by atoms with Crippen LogP contribution < -0.4 is 10.0 Å². The van der Waals surface area contributed by atoms with Gasteiger partial charge in [0.1, 0.15) is 22.9 Å². The van der Waals surface area contributed by atoms with Crippen LogP contribution in [0.15, 0.2) is 71.9 Å². The third-order valence-electron chi connectivity index (χ3n) is 11.1. The van der Waals surface area contributed by atoms with E-state index in [1.54, 1.807) is 41.8 Å². The number of esters is 1. The Bertz CT molecular complexity index is 2750. The van der Waals surface area contributed by atoms with Crippen LogP contribution in [-0.2, 0) is 19.6 Å². The van der Waals surface area contributed by atoms with Crippen LogP contribution in [0.3, 0.4) is 0 Å². The Morgan fingerprint density at radius 1 is 0.982 bits per heavy atom. The molecule has 6 aromatic rings. The number of anilines is 1. The van der Waals surface area contributed by atoms with E-state index in [-0.39, 0.29) is 24.2 Å². The SMILES string of the molecule is COC(=O)C[C@@H]1N=C(c2ccc(-c3ccc(C(=O)NCC4CC(S(=O)(=O)Nc5ccc(C)c6c(C#N)c[nH]c56)C4)cc3)cc2)c2c(sc(C)c2C)-n2c(C)nnc21. The fraction of sp³-hybridized carbons (Fsp3) is 0.286. The van der Waals surface area contributed by atoms with E-state index in [1.807, 2.05) is 54.8 Å². The van der Waals surface area contributed by atoms with Gasteiger partial charge < -0.3 is 15.0 Å². The van der Waals surface area contributed by atoms with Gasteiger partial charge in [-0.2, -0.15) is 5.26 Å². The molecular formula is C42H40N8O5S2. The first-order chi connectivity index (χ1) is 27.4. The molecule has 4 heterocycles. The third kappa shape index (κ3) is 6.89. The first-order valence-corrected chi connectivity index (χ1v) is 20.9. The van der Waals surface area contributed by atoms with E-state index in [0.717, 1.165) is 54.8 Å². The van der Waals surface area contributed by atoms with Crippen molar-refractivity contribution in [2.75, 3.05) is 18.4 Å². The molecule has 1 amide bonds. The van der Waals surface area contributed by atoms with Crippen LogP contribution in [0, 0.1) is 44.9 Å². The number of nitriles is 1. The van der Waals surface area contributed by atoms with Crippen molar-refractivity contribution in [1.29, 1.82) is 5.26 Å². The van der Waals surface area contributed by atoms with E-state index in [0.29, 0.717) is 52.9 Å². The highest BCUT2D eigenvalue weighted by atomic mass is 32.2. The minimum absolute atomic E-state index is 0.0299. The number of ether oxygens (including phenoxy) is 1. The molecule has 0 bridgehead atoms. The molecule has 0 spiro atoms. The molecular weight excluding hydrogens is 761 g/mol. The number of benzene rings is 3. The minimum atomic E-state index is -3.67. The molecule has 290 valence electrons. The molecule has 3 aromatic heterocycles. The summed E-state index contributed by atoms with van der Waals surface area (Å²) in [5.41, 5.74) is 8.52. The Labute approximate surface area is 333 Å². The fourth-order valence-electron chi connectivity index (χ4n) is 7.66. The molecule has 0 radical (unpaired) electrons. The smallest absolute Gasteiger partial charge is 0.308 e. The Morgan fingerprint density at radius 3 is 2.35 bits per heavy atom. The summed E-state index contributed by atoms with van der Waals surface area (Å²) in [7, 11) is -2.31. The lowest BCUT2D eigenvalue weighted by Crippen LogP contribution is -2.44. The average molecular weight is 801 g/mol. The molecule has 1 aliphatic carbocycles. The number of carbonyl (C=O) groups excluding carboxylic acids is 2. The maximum Gasteiger partial charge on any atom is 0.308 e. The number of hydrogen-bond donors (Lipinski definition) is 3. The number of aromatic amines is 1. The molecule has 3 aromatic carbocycles. The average Bonchev–Trinajstić information content (AvgIpc) is 3.86. The topological polar surface area (TPSA) is 184 Å². The van der Waals surface area contributed by atoms with Crippen LogP contribution in [0.4, 0.5) is 5.69 Å². The van der Waals surface area contributed by atoms with E-state index in [4.69, 9.17) is 9.73 Å². The van der Waals surface area contributed by atoms with E-state index in [2.05, 4.69) is 45.1 Å². The van der Waals surface area contributed by atoms with Crippen LogP contribution in [0.25, 0.3) is 27.0 Å². The number of H-pyrrole nitrogens is 1. The largest absolute Gasteiger partial charge is 0.469 e. The van der Waals surface area contributed by atoms with Gasteiger partial charge in [-0.15, -0.1) is 21.5 Å². The highest BCUT2D eigenvalue weighted by Crippen LogP contribution is 2.40. The molecule has 13 nitrogen and oxygen atoms in total. The second-order valence-electron chi connectivity index (χ2n) is 14.6. The van der Waals surface area contributed by atoms with Crippen LogP contribution in [0.1, 0.15) is 80.0 Å². The Kier molecular flexibility index (Phi) is 9.79. The molecule has 8 rings (SSSR count). The van der Waals surface area contributed by atoms with Gasteiger partial charge in [0.05, 0.1) is 41.3 Å². The number of nitrogens with one attached hydrogen (secondary N) is 3. The summed E-state index contributed by atoms with van der Waals surface area (Å²) in [6.07, 6.45) is 2.47. The number of sulfonamides is 1. The second-order valence-corrected chi connectivity index (χ2v) is 17.8. The summed E-state index contributed by atoms with van der Waals surface area (Å²) in [5, 5.41) is 22.3. The summed E-state index contributed by atoms with van der Waals surface area (Å²) in [5.74, 6) is 0.751. The van der Waals surface area contributed by atoms with Crippen molar-refractivity contribution in [2.45, 2.75) is 58.2 Å². The first-order valence-electron chi connectivity index (χ1n) is 18.6. The van der Waals surface area contributed by atoms with Crippen LogP contribution >= 0.6 is 11.3 Å². The normalized spacial score (nSPS) is 17.4. The number of amides is 1. The number of hydrogen-bond acceptors (Lipinski definition) is 10. The van der Waals surface area contributed by atoms with E-state index in [9.17, 15) is 23.3 Å². The van der Waals surface area contributed by atoms with Gasteiger partial charge in [0, 0.05) is 39.7 Å². The van der Waals surface area contributed by atoms with Gasteiger partial charge in [-0.25, -0.2) is 8.42 Å².